The molecule has 0 unspecified atom stereocenters. The number of anilines is 2. The number of thioether (sulfide) groups is 1. The number of imide groups is 1. The number of hydrogen-bond donors (Lipinski definition) is 2. The average Bonchev–Trinajstić information content (AvgIpc) is 3.57. The van der Waals surface area contributed by atoms with Crippen molar-refractivity contribution in [2.24, 2.45) is 5.92 Å². The molecule has 2 N–H and O–H groups in total. The highest BCUT2D eigenvalue weighted by Crippen LogP contribution is 2.53. The first-order chi connectivity index (χ1) is 22.4. The first-order valence-electron chi connectivity index (χ1n) is 14.4. The second-order valence-corrected chi connectivity index (χ2v) is 12.9. The monoisotopic (exact) mass is 653 g/mol. The van der Waals surface area contributed by atoms with E-state index in [2.05, 4.69) is 10.3 Å². The van der Waals surface area contributed by atoms with Crippen LogP contribution in [-0.4, -0.2) is 48.8 Å². The Morgan fingerprint density at radius 3 is 2.46 bits per heavy atom. The number of ether oxygens (including phenoxy) is 3. The summed E-state index contributed by atoms with van der Waals surface area (Å²) in [6, 6.07) is 25.4. The van der Waals surface area contributed by atoms with E-state index in [0.717, 1.165) is 22.1 Å². The molecule has 0 saturated carbocycles. The van der Waals surface area contributed by atoms with Gasteiger partial charge in [-0.15, -0.1) is 0 Å². The molecule has 0 bridgehead atoms. The van der Waals surface area contributed by atoms with E-state index < -0.39 is 17.1 Å². The van der Waals surface area contributed by atoms with Crippen LogP contribution in [-0.2, 0) is 14.4 Å². The minimum absolute atomic E-state index is 0.265. The van der Waals surface area contributed by atoms with Crippen molar-refractivity contribution >= 4 is 63.0 Å². The fourth-order valence-electron chi connectivity index (χ4n) is 6.02. The lowest BCUT2D eigenvalue weighted by Crippen LogP contribution is -2.32. The Balaban J connectivity index is 1.16. The molecule has 1 aromatic heterocycles. The van der Waals surface area contributed by atoms with Crippen molar-refractivity contribution < 1.29 is 28.6 Å². The van der Waals surface area contributed by atoms with Gasteiger partial charge in [0.25, 0.3) is 5.91 Å². The highest BCUT2D eigenvalue weighted by molar-refractivity contribution is 8.00. The van der Waals surface area contributed by atoms with Crippen molar-refractivity contribution in [2.45, 2.75) is 16.2 Å². The molecular formula is C34H27N3O7S2. The van der Waals surface area contributed by atoms with Gasteiger partial charge < -0.3 is 24.5 Å². The second kappa shape index (κ2) is 12.0. The number of aromatic nitrogens is 1. The molecule has 7 rings (SSSR count). The van der Waals surface area contributed by atoms with Crippen LogP contribution in [0.2, 0.25) is 0 Å². The van der Waals surface area contributed by atoms with Gasteiger partial charge in [-0.25, -0.2) is 4.90 Å². The molecule has 10 nitrogen and oxygen atoms in total. The van der Waals surface area contributed by atoms with E-state index in [1.165, 1.54) is 23.8 Å². The van der Waals surface area contributed by atoms with Gasteiger partial charge in [0.2, 0.25) is 11.8 Å². The Hall–Kier alpha value is -5.07. The van der Waals surface area contributed by atoms with Gasteiger partial charge in [0.05, 0.1) is 30.9 Å². The number of nitrogens with zero attached hydrogens (tertiary/aromatic N) is 1. The molecule has 12 heteroatoms. The van der Waals surface area contributed by atoms with Gasteiger partial charge in [-0.05, 0) is 53.4 Å². The highest BCUT2D eigenvalue weighted by atomic mass is 32.2. The molecule has 0 spiro atoms. The third-order valence-electron chi connectivity index (χ3n) is 8.12. The molecule has 2 aliphatic heterocycles. The van der Waals surface area contributed by atoms with E-state index in [9.17, 15) is 19.2 Å². The highest BCUT2D eigenvalue weighted by Gasteiger charge is 2.56. The molecule has 4 aromatic carbocycles. The molecule has 3 atom stereocenters. The fourth-order valence-corrected chi connectivity index (χ4v) is 8.54. The second-order valence-electron chi connectivity index (χ2n) is 10.7. The first-order valence-corrected chi connectivity index (χ1v) is 16.1. The molecule has 232 valence electrons. The van der Waals surface area contributed by atoms with Gasteiger partial charge in [0, 0.05) is 21.9 Å². The predicted molar refractivity (Wildman–Crippen MR) is 176 cm³/mol. The van der Waals surface area contributed by atoms with Crippen molar-refractivity contribution in [3.05, 3.63) is 105 Å². The first kappa shape index (κ1) is 29.6. The third-order valence-corrected chi connectivity index (χ3v) is 10.5. The Bertz CT molecular complexity index is 2050. The topological polar surface area (TPSA) is 127 Å². The number of H-pyrrole nitrogens is 1. The van der Waals surface area contributed by atoms with Crippen molar-refractivity contribution in [1.82, 2.24) is 4.98 Å². The van der Waals surface area contributed by atoms with Crippen LogP contribution in [0.25, 0.3) is 10.8 Å². The lowest BCUT2D eigenvalue weighted by Gasteiger charge is -2.30. The molecule has 0 radical (unpaired) electrons. The van der Waals surface area contributed by atoms with Gasteiger partial charge in [0.15, 0.2) is 18.1 Å². The van der Waals surface area contributed by atoms with Crippen LogP contribution < -0.4 is 29.3 Å². The van der Waals surface area contributed by atoms with Crippen molar-refractivity contribution in [2.75, 3.05) is 31.0 Å². The smallest absolute Gasteiger partial charge is 0.305 e. The van der Waals surface area contributed by atoms with E-state index >= 15 is 0 Å². The molecule has 3 amide bonds. The number of hydrogen-bond acceptors (Lipinski definition) is 9. The molecule has 3 heterocycles. The van der Waals surface area contributed by atoms with Gasteiger partial charge in [0.1, 0.15) is 11.0 Å². The Kier molecular flexibility index (Phi) is 7.75. The zero-order valence-corrected chi connectivity index (χ0v) is 26.3. The van der Waals surface area contributed by atoms with Gasteiger partial charge in [-0.3, -0.25) is 19.2 Å². The largest absolute Gasteiger partial charge is 0.497 e. The zero-order valence-electron chi connectivity index (χ0n) is 24.6. The number of carbonyl (C=O) groups excluding carboxylic acids is 3. The number of fused-ring (bicyclic) bond motifs is 3. The van der Waals surface area contributed by atoms with Crippen molar-refractivity contribution in [3.63, 3.8) is 0 Å². The van der Waals surface area contributed by atoms with Gasteiger partial charge in [-0.1, -0.05) is 65.6 Å². The summed E-state index contributed by atoms with van der Waals surface area (Å²) in [6.07, 6.45) is 0. The van der Waals surface area contributed by atoms with Crippen LogP contribution in [0, 0.1) is 5.92 Å². The summed E-state index contributed by atoms with van der Waals surface area (Å²) in [7, 11) is 3.03. The Morgan fingerprint density at radius 1 is 0.891 bits per heavy atom. The zero-order chi connectivity index (χ0) is 31.9. The maximum absolute atomic E-state index is 14.0. The normalized spacial score (nSPS) is 18.7. The minimum atomic E-state index is -0.763. The van der Waals surface area contributed by atoms with Gasteiger partial charge >= 0.3 is 4.87 Å². The molecule has 1 fully saturated rings. The average molecular weight is 654 g/mol. The van der Waals surface area contributed by atoms with Crippen LogP contribution >= 0.6 is 23.1 Å². The van der Waals surface area contributed by atoms with Crippen LogP contribution in [0.4, 0.5) is 11.4 Å². The third kappa shape index (κ3) is 5.19. The fraction of sp³-hybridized carbons (Fsp3) is 0.176. The molecule has 2 aliphatic rings. The summed E-state index contributed by atoms with van der Waals surface area (Å²) in [5.41, 5.74) is 1.80. The van der Waals surface area contributed by atoms with Crippen LogP contribution in [0.3, 0.4) is 0 Å². The van der Waals surface area contributed by atoms with E-state index in [4.69, 9.17) is 14.2 Å². The SMILES string of the molecule is COc1ccc(N2C(=O)[C@H]3[C@H](c4ccc(OCC(=O)Nc5cccc6ccccc56)c(OC)c4)c4sc(=O)[nH]c4S[C@H]3C2=O)cc1. The maximum Gasteiger partial charge on any atom is 0.305 e. The number of aromatic amines is 1. The Labute approximate surface area is 271 Å². The number of thiazole rings is 1. The summed E-state index contributed by atoms with van der Waals surface area (Å²) < 4.78 is 16.8. The maximum atomic E-state index is 14.0. The molecule has 1 saturated heterocycles. The lowest BCUT2D eigenvalue weighted by molar-refractivity contribution is -0.122. The van der Waals surface area contributed by atoms with E-state index in [-0.39, 0.29) is 29.2 Å². The quantitative estimate of drug-likeness (QED) is 0.213. The predicted octanol–water partition coefficient (Wildman–Crippen LogP) is 5.42. The van der Waals surface area contributed by atoms with E-state index in [1.54, 1.807) is 49.6 Å². The number of nitrogens with one attached hydrogen (secondary N) is 2. The van der Waals surface area contributed by atoms with E-state index in [1.807, 2.05) is 42.5 Å². The van der Waals surface area contributed by atoms with Crippen LogP contribution in [0.1, 0.15) is 16.4 Å². The van der Waals surface area contributed by atoms with Crippen molar-refractivity contribution in [3.8, 4) is 17.2 Å². The number of amides is 3. The standard InChI is InChI=1S/C34H27N3O7S2/c1-42-21-13-11-20(12-14-21)37-32(39)28-27(29-31(36-34(41)46-29)45-30(28)33(37)40)19-10-15-24(25(16-19)43-2)44-17-26(38)35-23-9-5-7-18-6-3-4-8-22(18)23/h3-16,27-28,30H,17H2,1-2H3,(H,35,38)(H,36,41)/t27-,28-,30+/m0/s1. The minimum Gasteiger partial charge on any atom is -0.497 e. The molecule has 5 aromatic rings. The lowest BCUT2D eigenvalue weighted by atomic mass is 9.83. The summed E-state index contributed by atoms with van der Waals surface area (Å²) in [5, 5.41) is 4.67. The molecular weight excluding hydrogens is 627 g/mol. The summed E-state index contributed by atoms with van der Waals surface area (Å²) in [6.45, 7) is -0.267. The Morgan fingerprint density at radius 2 is 1.67 bits per heavy atom. The van der Waals surface area contributed by atoms with Gasteiger partial charge in [-0.2, -0.15) is 0 Å². The van der Waals surface area contributed by atoms with Crippen molar-refractivity contribution in [1.29, 1.82) is 0 Å². The summed E-state index contributed by atoms with van der Waals surface area (Å²) in [4.78, 5) is 57.5. The number of rotatable bonds is 8. The number of carbonyl (C=O) groups is 3. The summed E-state index contributed by atoms with van der Waals surface area (Å²) in [5.74, 6) is -1.12. The van der Waals surface area contributed by atoms with E-state index in [0.29, 0.717) is 44.1 Å². The molecule has 46 heavy (non-hydrogen) atoms. The summed E-state index contributed by atoms with van der Waals surface area (Å²) >= 11 is 2.23. The number of methoxy groups -OCH3 is 2. The number of benzene rings is 4. The molecule has 0 aliphatic carbocycles. The van der Waals surface area contributed by atoms with Crippen LogP contribution in [0.5, 0.6) is 17.2 Å². The van der Waals surface area contributed by atoms with Crippen LogP contribution in [0.15, 0.2) is 94.7 Å².